The van der Waals surface area contributed by atoms with Gasteiger partial charge >= 0.3 is 0 Å². The Labute approximate surface area is 189 Å². The van der Waals surface area contributed by atoms with Gasteiger partial charge in [0.15, 0.2) is 0 Å². The highest BCUT2D eigenvalue weighted by atomic mass is 16.5. The van der Waals surface area contributed by atoms with Gasteiger partial charge in [0, 0.05) is 24.8 Å². The molecule has 0 saturated carbocycles. The largest absolute Gasteiger partial charge is 0.507 e. The second-order valence-electron chi connectivity index (χ2n) is 9.01. The van der Waals surface area contributed by atoms with Gasteiger partial charge in [0.25, 0.3) is 11.7 Å². The van der Waals surface area contributed by atoms with Crippen LogP contribution in [0.5, 0.6) is 5.75 Å². The monoisotopic (exact) mass is 437 g/mol. The second kappa shape index (κ2) is 9.17. The van der Waals surface area contributed by atoms with Crippen molar-refractivity contribution in [3.05, 3.63) is 70.3 Å². The lowest BCUT2D eigenvalue weighted by atomic mass is 9.84. The molecule has 1 aliphatic rings. The first-order chi connectivity index (χ1) is 15.1. The number of likely N-dealkylation sites (tertiary alicyclic amines) is 1. The third-order valence-electron chi connectivity index (χ3n) is 5.84. The molecule has 0 radical (unpaired) electrons. The number of hydrogen-bond donors (Lipinski definition) is 1. The Morgan fingerprint density at radius 2 is 1.78 bits per heavy atom. The zero-order valence-corrected chi connectivity index (χ0v) is 19.6. The fraction of sp³-hybridized carbons (Fsp3) is 0.385. The minimum absolute atomic E-state index is 0.0884. The van der Waals surface area contributed by atoms with Crippen LogP contribution in [-0.2, 0) is 19.7 Å². The molecule has 2 aromatic rings. The molecule has 1 unspecified atom stereocenters. The molecule has 1 amide bonds. The average Bonchev–Trinajstić information content (AvgIpc) is 3.01. The van der Waals surface area contributed by atoms with Crippen LogP contribution in [0.2, 0.25) is 0 Å². The lowest BCUT2D eigenvalue weighted by Gasteiger charge is -2.26. The summed E-state index contributed by atoms with van der Waals surface area (Å²) < 4.78 is 10.7. The Bertz CT molecular complexity index is 1060. The number of rotatable bonds is 6. The van der Waals surface area contributed by atoms with E-state index in [1.165, 1.54) is 4.90 Å². The van der Waals surface area contributed by atoms with Crippen LogP contribution >= 0.6 is 0 Å². The van der Waals surface area contributed by atoms with Crippen LogP contribution in [0, 0.1) is 6.92 Å². The molecule has 0 spiro atoms. The summed E-state index contributed by atoms with van der Waals surface area (Å²) in [6, 6.07) is 12.2. The second-order valence-corrected chi connectivity index (χ2v) is 9.01. The highest BCUT2D eigenvalue weighted by molar-refractivity contribution is 6.46. The summed E-state index contributed by atoms with van der Waals surface area (Å²) in [6.07, 6.45) is 0. The van der Waals surface area contributed by atoms with Gasteiger partial charge in [0.1, 0.15) is 11.5 Å². The SMILES string of the molecule is COCCN1C(=O)C(=O)/C(=C(/O)c2ccc(OC)c(C(C)(C)C)c2)C1c1ccccc1C. The van der Waals surface area contributed by atoms with Crippen LogP contribution < -0.4 is 4.74 Å². The van der Waals surface area contributed by atoms with Crippen LogP contribution in [0.3, 0.4) is 0 Å². The van der Waals surface area contributed by atoms with E-state index in [1.54, 1.807) is 26.4 Å². The van der Waals surface area contributed by atoms with Crippen LogP contribution in [-0.4, -0.2) is 49.1 Å². The van der Waals surface area contributed by atoms with Crippen molar-refractivity contribution < 1.29 is 24.2 Å². The number of aliphatic hydroxyl groups excluding tert-OH is 1. The number of nitrogens with zero attached hydrogens (tertiary/aromatic N) is 1. The minimum Gasteiger partial charge on any atom is -0.507 e. The maximum atomic E-state index is 13.1. The summed E-state index contributed by atoms with van der Waals surface area (Å²) in [5, 5.41) is 11.3. The molecule has 3 rings (SSSR count). The highest BCUT2D eigenvalue weighted by Gasteiger charge is 2.46. The van der Waals surface area contributed by atoms with Crippen molar-refractivity contribution in [1.82, 2.24) is 4.90 Å². The molecule has 2 aromatic carbocycles. The molecular formula is C26H31NO5. The molecule has 1 aliphatic heterocycles. The van der Waals surface area contributed by atoms with E-state index < -0.39 is 17.7 Å². The molecule has 6 nitrogen and oxygen atoms in total. The van der Waals surface area contributed by atoms with Gasteiger partial charge < -0.3 is 19.5 Å². The van der Waals surface area contributed by atoms with Crippen molar-refractivity contribution in [2.24, 2.45) is 0 Å². The molecule has 1 saturated heterocycles. The van der Waals surface area contributed by atoms with Gasteiger partial charge in [-0.15, -0.1) is 0 Å². The quantitative estimate of drug-likeness (QED) is 0.413. The van der Waals surface area contributed by atoms with Crippen LogP contribution in [0.25, 0.3) is 5.76 Å². The molecule has 1 heterocycles. The number of aryl methyl sites for hydroxylation is 1. The highest BCUT2D eigenvalue weighted by Crippen LogP contribution is 2.41. The first kappa shape index (κ1) is 23.5. The summed E-state index contributed by atoms with van der Waals surface area (Å²) in [5.41, 5.74) is 2.93. The lowest BCUT2D eigenvalue weighted by molar-refractivity contribution is -0.140. The van der Waals surface area contributed by atoms with Gasteiger partial charge in [0.2, 0.25) is 0 Å². The molecule has 0 aliphatic carbocycles. The maximum Gasteiger partial charge on any atom is 0.295 e. The average molecular weight is 438 g/mol. The summed E-state index contributed by atoms with van der Waals surface area (Å²) in [5.74, 6) is -0.823. The molecule has 6 heteroatoms. The Morgan fingerprint density at radius 1 is 1.09 bits per heavy atom. The van der Waals surface area contributed by atoms with E-state index >= 15 is 0 Å². The van der Waals surface area contributed by atoms with E-state index in [2.05, 4.69) is 0 Å². The lowest BCUT2D eigenvalue weighted by Crippen LogP contribution is -2.32. The number of methoxy groups -OCH3 is 2. The molecule has 170 valence electrons. The van der Waals surface area contributed by atoms with Gasteiger partial charge in [-0.3, -0.25) is 9.59 Å². The predicted molar refractivity (Wildman–Crippen MR) is 124 cm³/mol. The number of ether oxygens (including phenoxy) is 2. The number of amides is 1. The summed E-state index contributed by atoms with van der Waals surface area (Å²) in [6.45, 7) is 8.60. The van der Waals surface area contributed by atoms with E-state index in [9.17, 15) is 14.7 Å². The van der Waals surface area contributed by atoms with Gasteiger partial charge in [-0.1, -0.05) is 45.0 Å². The van der Waals surface area contributed by atoms with E-state index in [4.69, 9.17) is 9.47 Å². The zero-order chi connectivity index (χ0) is 23.6. The summed E-state index contributed by atoms with van der Waals surface area (Å²) in [4.78, 5) is 27.5. The van der Waals surface area contributed by atoms with Crippen molar-refractivity contribution in [2.75, 3.05) is 27.4 Å². The molecule has 1 N–H and O–H groups in total. The first-order valence-electron chi connectivity index (χ1n) is 10.6. The number of ketones is 1. The first-order valence-corrected chi connectivity index (χ1v) is 10.6. The normalized spacial score (nSPS) is 18.3. The van der Waals surface area contributed by atoms with E-state index in [-0.39, 0.29) is 29.9 Å². The Balaban J connectivity index is 2.23. The molecule has 0 bridgehead atoms. The zero-order valence-electron chi connectivity index (χ0n) is 19.6. The number of carbonyl (C=O) groups excluding carboxylic acids is 2. The van der Waals surface area contributed by atoms with Crippen molar-refractivity contribution in [2.45, 2.75) is 39.2 Å². The predicted octanol–water partition coefficient (Wildman–Crippen LogP) is 4.37. The van der Waals surface area contributed by atoms with E-state index in [0.29, 0.717) is 11.3 Å². The van der Waals surface area contributed by atoms with Gasteiger partial charge in [-0.25, -0.2) is 0 Å². The Kier molecular flexibility index (Phi) is 6.74. The van der Waals surface area contributed by atoms with E-state index in [0.717, 1.165) is 16.7 Å². The molecule has 0 aromatic heterocycles. The number of benzene rings is 2. The number of aliphatic hydroxyl groups is 1. The van der Waals surface area contributed by atoms with Crippen LogP contribution in [0.1, 0.15) is 49.1 Å². The molecule has 32 heavy (non-hydrogen) atoms. The van der Waals surface area contributed by atoms with Crippen molar-refractivity contribution >= 4 is 17.4 Å². The Hall–Kier alpha value is -3.12. The van der Waals surface area contributed by atoms with Gasteiger partial charge in [-0.05, 0) is 41.7 Å². The minimum atomic E-state index is -0.694. The Morgan fingerprint density at radius 3 is 2.38 bits per heavy atom. The third-order valence-corrected chi connectivity index (χ3v) is 5.84. The topological polar surface area (TPSA) is 76.1 Å². The molecule has 1 fully saturated rings. The molecular weight excluding hydrogens is 406 g/mol. The number of hydrogen-bond acceptors (Lipinski definition) is 5. The van der Waals surface area contributed by atoms with Gasteiger partial charge in [0.05, 0.1) is 25.3 Å². The summed E-state index contributed by atoms with van der Waals surface area (Å²) in [7, 11) is 3.15. The fourth-order valence-corrected chi connectivity index (χ4v) is 4.11. The van der Waals surface area contributed by atoms with Crippen molar-refractivity contribution in [3.8, 4) is 5.75 Å². The van der Waals surface area contributed by atoms with Gasteiger partial charge in [-0.2, -0.15) is 0 Å². The van der Waals surface area contributed by atoms with E-state index in [1.807, 2.05) is 58.0 Å². The fourth-order valence-electron chi connectivity index (χ4n) is 4.11. The third kappa shape index (κ3) is 4.28. The van der Waals surface area contributed by atoms with Crippen molar-refractivity contribution in [1.29, 1.82) is 0 Å². The standard InChI is InChI=1S/C26H31NO5/c1-16-9-7-8-10-18(16)22-21(24(29)25(30)27(22)13-14-31-5)23(28)17-11-12-20(32-6)19(15-17)26(2,3)4/h7-12,15,22,28H,13-14H2,1-6H3/b23-21+. The molecule has 1 atom stereocenters. The van der Waals surface area contributed by atoms with Crippen LogP contribution in [0.15, 0.2) is 48.0 Å². The van der Waals surface area contributed by atoms with Crippen molar-refractivity contribution in [3.63, 3.8) is 0 Å². The maximum absolute atomic E-state index is 13.1. The summed E-state index contributed by atoms with van der Waals surface area (Å²) >= 11 is 0. The number of carbonyl (C=O) groups is 2. The smallest absolute Gasteiger partial charge is 0.295 e. The van der Waals surface area contributed by atoms with Crippen LogP contribution in [0.4, 0.5) is 0 Å². The number of Topliss-reactive ketones (excluding diaryl/α,β-unsaturated/α-hetero) is 1.